The number of aliphatic hydroxyl groups excluding tert-OH is 5. The van der Waals surface area contributed by atoms with Crippen LogP contribution < -0.4 is 5.32 Å². The number of rotatable bonds is 65. The van der Waals surface area contributed by atoms with Gasteiger partial charge in [0.15, 0.2) is 6.29 Å². The molecule has 0 aromatic rings. The van der Waals surface area contributed by atoms with E-state index in [0.29, 0.717) is 19.4 Å². The van der Waals surface area contributed by atoms with Crippen molar-refractivity contribution in [2.75, 3.05) is 19.8 Å². The van der Waals surface area contributed by atoms with E-state index in [1.807, 2.05) is 6.08 Å². The zero-order chi connectivity index (χ0) is 61.6. The first-order valence-corrected chi connectivity index (χ1v) is 36.8. The Labute approximate surface area is 523 Å². The quantitative estimate of drug-likeness (QED) is 0.0195. The zero-order valence-corrected chi connectivity index (χ0v) is 55.6. The predicted octanol–water partition coefficient (Wildman–Crippen LogP) is 19.0. The maximum atomic E-state index is 13.0. The number of nitrogens with one attached hydrogen (secondary N) is 1. The number of hydrogen-bond donors (Lipinski definition) is 6. The first kappa shape index (κ1) is 80.9. The molecule has 7 unspecified atom stereocenters. The van der Waals surface area contributed by atoms with Crippen LogP contribution in [0.4, 0.5) is 0 Å². The number of allylic oxidation sites excluding steroid dienone is 5. The molecule has 0 bridgehead atoms. The molecule has 1 heterocycles. The molecule has 1 aliphatic rings. The molecule has 0 aliphatic carbocycles. The van der Waals surface area contributed by atoms with E-state index >= 15 is 0 Å². The Morgan fingerprint density at radius 1 is 0.424 bits per heavy atom. The fourth-order valence-corrected chi connectivity index (χ4v) is 11.7. The standard InChI is InChI=1S/C74H139NO10/c1-3-5-7-9-11-13-40-44-48-52-56-60-67(77)66(65-84-74-73(82)72(81)71(80)68(64-76)85-74)75-69(78)61-57-53-49-45-42-38-36-34-32-30-28-26-24-22-20-18-16-15-17-19-21-23-25-27-29-31-33-35-37-39-43-47-51-55-59-63-83-70(79)62-58-54-50-46-41-14-12-10-8-6-4-2/h17,19,40,44,56,60,66-68,71-74,76-77,80-82H,3-16,18,20-39,41-43,45-55,57-59,61-65H2,1-2H3,(H,75,78)/b19-17-,44-40+,60-56+. The van der Waals surface area contributed by atoms with E-state index in [9.17, 15) is 35.1 Å². The second-order valence-corrected chi connectivity index (χ2v) is 25.6. The minimum atomic E-state index is -1.57. The molecule has 1 aliphatic heterocycles. The lowest BCUT2D eigenvalue weighted by molar-refractivity contribution is -0.302. The number of aliphatic hydroxyl groups is 5. The van der Waals surface area contributed by atoms with E-state index in [1.165, 1.54) is 283 Å². The highest BCUT2D eigenvalue weighted by Crippen LogP contribution is 2.23. The van der Waals surface area contributed by atoms with Crippen molar-refractivity contribution >= 4 is 11.9 Å². The number of unbranched alkanes of at least 4 members (excludes halogenated alkanes) is 47. The Hall–Kier alpha value is -2.12. The molecule has 1 fully saturated rings. The number of amides is 1. The van der Waals surface area contributed by atoms with Crippen LogP contribution in [-0.2, 0) is 23.8 Å². The van der Waals surface area contributed by atoms with E-state index in [2.05, 4.69) is 43.5 Å². The number of ether oxygens (including phenoxy) is 3. The van der Waals surface area contributed by atoms with Crippen molar-refractivity contribution in [1.29, 1.82) is 0 Å². The van der Waals surface area contributed by atoms with Crippen molar-refractivity contribution in [3.05, 3.63) is 36.5 Å². The monoisotopic (exact) mass is 1200 g/mol. The summed E-state index contributed by atoms with van der Waals surface area (Å²) in [6, 6.07) is -0.824. The Bertz CT molecular complexity index is 1510. The highest BCUT2D eigenvalue weighted by molar-refractivity contribution is 5.76. The highest BCUT2D eigenvalue weighted by atomic mass is 16.7. The first-order chi connectivity index (χ1) is 41.7. The Morgan fingerprint density at radius 2 is 0.765 bits per heavy atom. The van der Waals surface area contributed by atoms with Gasteiger partial charge >= 0.3 is 5.97 Å². The van der Waals surface area contributed by atoms with Gasteiger partial charge < -0.3 is 45.1 Å². The van der Waals surface area contributed by atoms with Crippen LogP contribution in [0.2, 0.25) is 0 Å². The van der Waals surface area contributed by atoms with Gasteiger partial charge in [-0.25, -0.2) is 0 Å². The minimum Gasteiger partial charge on any atom is -0.466 e. The van der Waals surface area contributed by atoms with Crippen LogP contribution in [0.5, 0.6) is 0 Å². The van der Waals surface area contributed by atoms with Crippen LogP contribution in [0.1, 0.15) is 361 Å². The molecule has 1 amide bonds. The summed E-state index contributed by atoms with van der Waals surface area (Å²) in [6.45, 7) is 4.34. The molecule has 6 N–H and O–H groups in total. The van der Waals surface area contributed by atoms with Crippen LogP contribution in [0.25, 0.3) is 0 Å². The third-order valence-corrected chi connectivity index (χ3v) is 17.5. The lowest BCUT2D eigenvalue weighted by Crippen LogP contribution is -2.60. The van der Waals surface area contributed by atoms with E-state index in [1.54, 1.807) is 6.08 Å². The summed E-state index contributed by atoms with van der Waals surface area (Å²) in [7, 11) is 0. The molecule has 85 heavy (non-hydrogen) atoms. The fourth-order valence-electron chi connectivity index (χ4n) is 11.7. The molecule has 11 nitrogen and oxygen atoms in total. The average molecular weight is 1200 g/mol. The predicted molar refractivity (Wildman–Crippen MR) is 357 cm³/mol. The van der Waals surface area contributed by atoms with E-state index in [0.717, 1.165) is 51.4 Å². The molecule has 1 saturated heterocycles. The normalized spacial score (nSPS) is 18.1. The molecular weight excluding hydrogens is 1060 g/mol. The van der Waals surface area contributed by atoms with Gasteiger partial charge in [0, 0.05) is 12.8 Å². The van der Waals surface area contributed by atoms with Gasteiger partial charge in [-0.15, -0.1) is 0 Å². The van der Waals surface area contributed by atoms with Crippen LogP contribution in [0.15, 0.2) is 36.5 Å². The van der Waals surface area contributed by atoms with Crippen LogP contribution in [0.3, 0.4) is 0 Å². The smallest absolute Gasteiger partial charge is 0.305 e. The maximum Gasteiger partial charge on any atom is 0.305 e. The number of esters is 1. The summed E-state index contributed by atoms with van der Waals surface area (Å²) < 4.78 is 16.7. The van der Waals surface area contributed by atoms with E-state index < -0.39 is 49.5 Å². The summed E-state index contributed by atoms with van der Waals surface area (Å²) in [5.41, 5.74) is 0. The first-order valence-electron chi connectivity index (χ1n) is 36.8. The van der Waals surface area contributed by atoms with Gasteiger partial charge in [-0.1, -0.05) is 314 Å². The van der Waals surface area contributed by atoms with Gasteiger partial charge in [0.25, 0.3) is 0 Å². The van der Waals surface area contributed by atoms with Crippen molar-refractivity contribution in [3.8, 4) is 0 Å². The van der Waals surface area contributed by atoms with Crippen molar-refractivity contribution in [3.63, 3.8) is 0 Å². The zero-order valence-electron chi connectivity index (χ0n) is 55.6. The number of hydrogen-bond acceptors (Lipinski definition) is 10. The van der Waals surface area contributed by atoms with E-state index in [-0.39, 0.29) is 18.5 Å². The van der Waals surface area contributed by atoms with Gasteiger partial charge in [0.05, 0.1) is 32.0 Å². The molecule has 0 spiro atoms. The molecule has 0 aromatic heterocycles. The fraction of sp³-hybridized carbons (Fsp3) is 0.892. The molecule has 1 rings (SSSR count). The molecule has 500 valence electrons. The van der Waals surface area contributed by atoms with Crippen molar-refractivity contribution in [2.45, 2.75) is 403 Å². The van der Waals surface area contributed by atoms with Crippen LogP contribution in [0, 0.1) is 0 Å². The molecule has 0 saturated carbocycles. The largest absolute Gasteiger partial charge is 0.466 e. The number of carbonyl (C=O) groups excluding carboxylic acids is 2. The Kier molecular flexibility index (Phi) is 60.4. The van der Waals surface area contributed by atoms with Crippen LogP contribution >= 0.6 is 0 Å². The average Bonchev–Trinajstić information content (AvgIpc) is 3.67. The summed E-state index contributed by atoms with van der Waals surface area (Å²) in [4.78, 5) is 25.1. The SMILES string of the molecule is CCCCCCC/C=C/CC/C=C/C(O)C(COC1OC(CO)C(O)C(O)C1O)NC(=O)CCCCCCCCCCCCCCCCCCC/C=C\CCCCCCCCCCCCCCCCOC(=O)CCCCCCCCCCCCC. The lowest BCUT2D eigenvalue weighted by atomic mass is 9.99. The Morgan fingerprint density at radius 3 is 1.16 bits per heavy atom. The van der Waals surface area contributed by atoms with Crippen molar-refractivity contribution < 1.29 is 49.3 Å². The molecule has 0 aromatic carbocycles. The van der Waals surface area contributed by atoms with E-state index in [4.69, 9.17) is 14.2 Å². The number of carbonyl (C=O) groups is 2. The molecule has 0 radical (unpaired) electrons. The van der Waals surface area contributed by atoms with Gasteiger partial charge in [0.1, 0.15) is 24.4 Å². The maximum absolute atomic E-state index is 13.0. The third kappa shape index (κ3) is 52.4. The van der Waals surface area contributed by atoms with Crippen LogP contribution in [-0.4, -0.2) is 100 Å². The van der Waals surface area contributed by atoms with Crippen molar-refractivity contribution in [1.82, 2.24) is 5.32 Å². The Balaban J connectivity index is 1.92. The molecule has 11 heteroatoms. The summed E-state index contributed by atoms with van der Waals surface area (Å²) in [5, 5.41) is 54.4. The molecule has 7 atom stereocenters. The summed E-state index contributed by atoms with van der Waals surface area (Å²) >= 11 is 0. The minimum absolute atomic E-state index is 0.0133. The van der Waals surface area contributed by atoms with Gasteiger partial charge in [-0.05, 0) is 70.6 Å². The third-order valence-electron chi connectivity index (χ3n) is 17.5. The van der Waals surface area contributed by atoms with Gasteiger partial charge in [-0.3, -0.25) is 9.59 Å². The highest BCUT2D eigenvalue weighted by Gasteiger charge is 2.44. The summed E-state index contributed by atoms with van der Waals surface area (Å²) in [6.07, 6.45) is 71.7. The van der Waals surface area contributed by atoms with Gasteiger partial charge in [-0.2, -0.15) is 0 Å². The topological polar surface area (TPSA) is 175 Å². The lowest BCUT2D eigenvalue weighted by Gasteiger charge is -2.40. The second kappa shape index (κ2) is 63.4. The van der Waals surface area contributed by atoms with Gasteiger partial charge in [0.2, 0.25) is 5.91 Å². The molecular formula is C74H139NO10. The van der Waals surface area contributed by atoms with Crippen molar-refractivity contribution in [2.24, 2.45) is 0 Å². The summed E-state index contributed by atoms with van der Waals surface area (Å²) in [5.74, 6) is -0.175. The second-order valence-electron chi connectivity index (χ2n) is 25.6.